The summed E-state index contributed by atoms with van der Waals surface area (Å²) in [5.74, 6) is -1.56. The lowest BCUT2D eigenvalue weighted by atomic mass is 9.97. The number of rotatable bonds is 14. The lowest BCUT2D eigenvalue weighted by molar-refractivity contribution is -0.131. The van der Waals surface area contributed by atoms with Crippen molar-refractivity contribution in [1.29, 1.82) is 0 Å². The second-order valence-electron chi connectivity index (χ2n) is 11.6. The summed E-state index contributed by atoms with van der Waals surface area (Å²) in [6.45, 7) is 4.40. The summed E-state index contributed by atoms with van der Waals surface area (Å²) < 4.78 is 5.41. The Balaban J connectivity index is 1.50. The molecule has 3 aromatic rings. The van der Waals surface area contributed by atoms with Gasteiger partial charge in [-0.25, -0.2) is 4.79 Å². The van der Waals surface area contributed by atoms with E-state index in [9.17, 15) is 24.0 Å². The topological polar surface area (TPSA) is 143 Å². The van der Waals surface area contributed by atoms with Gasteiger partial charge in [0.15, 0.2) is 0 Å². The predicted molar refractivity (Wildman–Crippen MR) is 166 cm³/mol. The van der Waals surface area contributed by atoms with Gasteiger partial charge in [0, 0.05) is 18.9 Å². The van der Waals surface area contributed by atoms with Crippen molar-refractivity contribution in [2.75, 3.05) is 6.54 Å². The molecule has 4 amide bonds. The second-order valence-corrected chi connectivity index (χ2v) is 11.6. The van der Waals surface area contributed by atoms with Gasteiger partial charge < -0.3 is 30.8 Å². The molecule has 0 aliphatic carbocycles. The van der Waals surface area contributed by atoms with E-state index in [1.54, 1.807) is 0 Å². The van der Waals surface area contributed by atoms with Crippen LogP contribution in [0.3, 0.4) is 0 Å². The van der Waals surface area contributed by atoms with E-state index in [4.69, 9.17) is 4.74 Å². The minimum atomic E-state index is -1.06. The van der Waals surface area contributed by atoms with Gasteiger partial charge in [-0.1, -0.05) is 86.6 Å². The van der Waals surface area contributed by atoms with E-state index in [0.29, 0.717) is 25.7 Å². The van der Waals surface area contributed by atoms with Crippen LogP contribution in [0.1, 0.15) is 44.2 Å². The van der Waals surface area contributed by atoms with Gasteiger partial charge >= 0.3 is 6.09 Å². The third-order valence-corrected chi connectivity index (χ3v) is 7.66. The number of hydrogen-bond acceptors (Lipinski definition) is 6. The zero-order valence-electron chi connectivity index (χ0n) is 25.1. The Morgan fingerprint density at radius 1 is 0.909 bits per heavy atom. The fourth-order valence-corrected chi connectivity index (χ4v) is 5.39. The molecule has 3 aromatic carbocycles. The maximum Gasteiger partial charge on any atom is 0.408 e. The quantitative estimate of drug-likeness (QED) is 0.209. The van der Waals surface area contributed by atoms with Gasteiger partial charge in [-0.3, -0.25) is 14.4 Å². The Kier molecular flexibility index (Phi) is 11.5. The molecule has 0 spiro atoms. The maximum absolute atomic E-state index is 13.8. The Labute approximate surface area is 257 Å². The van der Waals surface area contributed by atoms with Crippen LogP contribution < -0.4 is 21.3 Å². The van der Waals surface area contributed by atoms with Crippen LogP contribution >= 0.6 is 0 Å². The first-order valence-electron chi connectivity index (χ1n) is 15.0. The minimum absolute atomic E-state index is 0.0275. The van der Waals surface area contributed by atoms with Crippen LogP contribution in [0, 0.1) is 11.8 Å². The number of amides is 4. The van der Waals surface area contributed by atoms with E-state index in [1.807, 2.05) is 86.6 Å². The largest absolute Gasteiger partial charge is 0.445 e. The SMILES string of the molecule is CC(C)C[C@@H](NC(=O)[C@H](Cc1cccc2ccccc12)NC(=O)OCc1ccccc1)C(=O)N[C@@H](C=O)CC1CCNC1=O. The molecule has 4 atom stereocenters. The number of ether oxygens (including phenoxy) is 1. The van der Waals surface area contributed by atoms with Crippen LogP contribution in [0.15, 0.2) is 72.8 Å². The highest BCUT2D eigenvalue weighted by molar-refractivity contribution is 5.93. The molecule has 10 heteroatoms. The predicted octanol–water partition coefficient (Wildman–Crippen LogP) is 3.42. The number of fused-ring (bicyclic) bond motifs is 1. The van der Waals surface area contributed by atoms with E-state index in [2.05, 4.69) is 21.3 Å². The Hall–Kier alpha value is -4.73. The highest BCUT2D eigenvalue weighted by atomic mass is 16.5. The van der Waals surface area contributed by atoms with E-state index >= 15 is 0 Å². The van der Waals surface area contributed by atoms with E-state index in [-0.39, 0.29) is 37.2 Å². The summed E-state index contributed by atoms with van der Waals surface area (Å²) in [5, 5.41) is 12.9. The molecular weight excluding hydrogens is 560 g/mol. The molecule has 4 rings (SSSR count). The van der Waals surface area contributed by atoms with Crippen LogP contribution in [0.2, 0.25) is 0 Å². The molecule has 1 unspecified atom stereocenters. The molecule has 4 N–H and O–H groups in total. The van der Waals surface area contributed by atoms with Crippen molar-refractivity contribution < 1.29 is 28.7 Å². The Morgan fingerprint density at radius 2 is 1.61 bits per heavy atom. The number of nitrogens with one attached hydrogen (secondary N) is 4. The lowest BCUT2D eigenvalue weighted by Crippen LogP contribution is -2.56. The van der Waals surface area contributed by atoms with Crippen molar-refractivity contribution in [3.05, 3.63) is 83.9 Å². The first-order valence-corrected chi connectivity index (χ1v) is 15.0. The molecule has 1 aliphatic heterocycles. The molecule has 0 saturated carbocycles. The Morgan fingerprint density at radius 3 is 2.32 bits per heavy atom. The van der Waals surface area contributed by atoms with Crippen LogP contribution in [-0.4, -0.2) is 54.8 Å². The zero-order chi connectivity index (χ0) is 31.5. The molecule has 1 fully saturated rings. The first-order chi connectivity index (χ1) is 21.2. The normalized spacial score (nSPS) is 16.4. The van der Waals surface area contributed by atoms with Crippen molar-refractivity contribution >= 4 is 40.9 Å². The number of benzene rings is 3. The number of hydrogen-bond donors (Lipinski definition) is 4. The molecule has 0 radical (unpaired) electrons. The third kappa shape index (κ3) is 9.13. The number of aldehydes is 1. The van der Waals surface area contributed by atoms with E-state index in [1.165, 1.54) is 0 Å². The maximum atomic E-state index is 13.8. The van der Waals surface area contributed by atoms with Gasteiger partial charge in [-0.05, 0) is 47.1 Å². The van der Waals surface area contributed by atoms with E-state index < -0.39 is 36.0 Å². The van der Waals surface area contributed by atoms with Gasteiger partial charge in [0.05, 0.1) is 6.04 Å². The molecule has 232 valence electrons. The van der Waals surface area contributed by atoms with Gasteiger partial charge in [0.1, 0.15) is 25.0 Å². The second kappa shape index (κ2) is 15.7. The molecule has 1 saturated heterocycles. The highest BCUT2D eigenvalue weighted by Crippen LogP contribution is 2.21. The fourth-order valence-electron chi connectivity index (χ4n) is 5.39. The van der Waals surface area contributed by atoms with Crippen molar-refractivity contribution in [1.82, 2.24) is 21.3 Å². The molecule has 1 aliphatic rings. The summed E-state index contributed by atoms with van der Waals surface area (Å²) in [7, 11) is 0. The van der Waals surface area contributed by atoms with Gasteiger partial charge in [-0.2, -0.15) is 0 Å². The van der Waals surface area contributed by atoms with Gasteiger partial charge in [0.25, 0.3) is 0 Å². The number of carbonyl (C=O) groups excluding carboxylic acids is 5. The van der Waals surface area contributed by atoms with Crippen molar-refractivity contribution in [2.24, 2.45) is 11.8 Å². The molecule has 44 heavy (non-hydrogen) atoms. The van der Waals surface area contributed by atoms with Crippen molar-refractivity contribution in [3.8, 4) is 0 Å². The lowest BCUT2D eigenvalue weighted by Gasteiger charge is -2.26. The van der Waals surface area contributed by atoms with Crippen LogP contribution in [0.4, 0.5) is 4.79 Å². The summed E-state index contributed by atoms with van der Waals surface area (Å²) in [5.41, 5.74) is 1.64. The van der Waals surface area contributed by atoms with Crippen LogP contribution in [0.5, 0.6) is 0 Å². The number of carbonyl (C=O) groups is 5. The van der Waals surface area contributed by atoms with Crippen LogP contribution in [0.25, 0.3) is 10.8 Å². The van der Waals surface area contributed by atoms with E-state index in [0.717, 1.165) is 21.9 Å². The molecule has 0 bridgehead atoms. The average Bonchev–Trinajstić information content (AvgIpc) is 3.43. The van der Waals surface area contributed by atoms with Gasteiger partial charge in [-0.15, -0.1) is 0 Å². The number of alkyl carbamates (subject to hydrolysis) is 1. The molecule has 1 heterocycles. The van der Waals surface area contributed by atoms with Crippen molar-refractivity contribution in [2.45, 2.75) is 64.3 Å². The fraction of sp³-hybridized carbons (Fsp3) is 0.382. The molecule has 0 aromatic heterocycles. The minimum Gasteiger partial charge on any atom is -0.445 e. The summed E-state index contributed by atoms with van der Waals surface area (Å²) in [6.07, 6.45) is 1.07. The van der Waals surface area contributed by atoms with Crippen molar-refractivity contribution in [3.63, 3.8) is 0 Å². The highest BCUT2D eigenvalue weighted by Gasteiger charge is 2.32. The summed E-state index contributed by atoms with van der Waals surface area (Å²) in [6, 6.07) is 19.8. The molecule has 10 nitrogen and oxygen atoms in total. The average molecular weight is 601 g/mol. The standard InChI is InChI=1S/C34H40N4O6/c1-22(2)17-29(32(41)36-27(20-39)18-26-15-16-35-31(26)40)37-33(42)30(38-34(43)44-21-23-9-4-3-5-10-23)19-25-13-8-12-24-11-6-7-14-28(24)25/h3-14,20,22,26-27,29-30H,15-19,21H2,1-2H3,(H,35,40)(H,36,41)(H,37,42)(H,38,43)/t26?,27-,29-,30+/m1/s1. The van der Waals surface area contributed by atoms with Gasteiger partial charge in [0.2, 0.25) is 17.7 Å². The Bertz CT molecular complexity index is 1460. The monoisotopic (exact) mass is 600 g/mol. The van der Waals surface area contributed by atoms with Crippen LogP contribution in [-0.2, 0) is 36.9 Å². The zero-order valence-corrected chi connectivity index (χ0v) is 25.1. The third-order valence-electron chi connectivity index (χ3n) is 7.66. The summed E-state index contributed by atoms with van der Waals surface area (Å²) in [4.78, 5) is 63.9. The smallest absolute Gasteiger partial charge is 0.408 e. The molecular formula is C34H40N4O6. The first kappa shape index (κ1) is 32.2. The summed E-state index contributed by atoms with van der Waals surface area (Å²) >= 11 is 0.